The molecule has 13 rings (SSSR count). The first-order valence-electron chi connectivity index (χ1n) is 34.0. The van der Waals surface area contributed by atoms with Gasteiger partial charge in [-0.2, -0.15) is 12.1 Å². The van der Waals surface area contributed by atoms with Gasteiger partial charge in [0.25, 0.3) is 0 Å². The number of aromatic nitrogens is 3. The van der Waals surface area contributed by atoms with E-state index in [1.807, 2.05) is 111 Å². The van der Waals surface area contributed by atoms with Crippen LogP contribution in [0.15, 0.2) is 212 Å². The van der Waals surface area contributed by atoms with Crippen molar-refractivity contribution in [2.24, 2.45) is 11.3 Å². The number of rotatable bonds is 11. The summed E-state index contributed by atoms with van der Waals surface area (Å²) in [4.78, 5) is 9.53. The Labute approximate surface area is 508 Å². The molecule has 9 aromatic carbocycles. The Bertz CT molecular complexity index is 5020. The van der Waals surface area contributed by atoms with Crippen LogP contribution in [0, 0.1) is 27.3 Å². The zero-order valence-electron chi connectivity index (χ0n) is 60.0. The van der Waals surface area contributed by atoms with Crippen LogP contribution in [0.2, 0.25) is 0 Å². The monoisotopic (exact) mass is 1250 g/mol. The average Bonchev–Trinajstić information content (AvgIpc) is 1.55. The van der Waals surface area contributed by atoms with Crippen molar-refractivity contribution >= 4 is 46.4 Å². The molecule has 0 spiro atoms. The third-order valence-corrected chi connectivity index (χ3v) is 15.5. The normalized spacial score (nSPS) is 15.7. The fraction of sp³-hybridized carbons (Fsp3) is 0.178. The molecule has 0 bridgehead atoms. The third kappa shape index (κ3) is 9.59. The van der Waals surface area contributed by atoms with Gasteiger partial charge in [-0.05, 0) is 11.6 Å². The van der Waals surface area contributed by atoms with Gasteiger partial charge in [0, 0.05) is 11.3 Å². The molecule has 0 radical (unpaired) electrons. The van der Waals surface area contributed by atoms with Crippen molar-refractivity contribution in [3.8, 4) is 67.5 Å². The Balaban J connectivity index is 1.08. The second kappa shape index (κ2) is 20.7. The van der Waals surface area contributed by atoms with E-state index in [4.69, 9.17) is 17.9 Å². The number of nitrogens with zero attached hydrogens (tertiary/aromatic N) is 5. The molecule has 0 saturated carbocycles. The summed E-state index contributed by atoms with van der Waals surface area (Å²) in [5.74, 6) is -0.782. The van der Waals surface area contributed by atoms with Gasteiger partial charge in [0.05, 0.1) is 1.37 Å². The zero-order chi connectivity index (χ0) is 68.0. The predicted octanol–water partition coefficient (Wildman–Crippen LogP) is 18.0. The van der Waals surface area contributed by atoms with E-state index < -0.39 is 91.5 Å². The Morgan fingerprint density at radius 3 is 1.99 bits per heavy atom. The molecule has 0 unspecified atom stereocenters. The van der Waals surface area contributed by atoms with Gasteiger partial charge < -0.3 is 0 Å². The Kier molecular flexibility index (Phi) is 9.81. The van der Waals surface area contributed by atoms with E-state index in [0.29, 0.717) is 43.0 Å². The Hall–Kier alpha value is -8.25. The molecule has 2 aromatic heterocycles. The minimum atomic E-state index is -2.28. The molecular weight excluding hydrogens is 1170 g/mol. The molecule has 402 valence electrons. The standard InChI is InChI=1S/C73H64BN5O.Pt/c1-49(2)42-54-45-68(79-67-37-22-21-36-66(67)78-63-33-18-16-31-59(63)58-30-15-17-32-62(58)74(78)79)75-71(69(54)53-26-13-10-14-27-53)80-57-29-23-28-56(46-57)76-48-77(65-35-20-19-34-64(65)76)70-60(51-24-11-9-12-25-51)43-50(47-72(3,4)5)44-61(70)52-38-40-55(41-39-52)73(6,7)8;/h9-36,38-41,43-45,49H,42,47H2,1-8H3;/q-2;/i9D,10D,11D,12D,13D,14D,24D,25D,26D,27D,42D2,47D2;. The van der Waals surface area contributed by atoms with E-state index in [2.05, 4.69) is 75.3 Å². The van der Waals surface area contributed by atoms with Crippen LogP contribution < -0.4 is 19.8 Å². The van der Waals surface area contributed by atoms with Crippen molar-refractivity contribution in [2.45, 2.75) is 73.6 Å². The first-order chi connectivity index (χ1) is 44.9. The van der Waals surface area contributed by atoms with E-state index in [9.17, 15) is 11.0 Å². The summed E-state index contributed by atoms with van der Waals surface area (Å²) < 4.78 is 142. The van der Waals surface area contributed by atoms with Crippen LogP contribution in [0.1, 0.15) is 91.3 Å². The van der Waals surface area contributed by atoms with Crippen LogP contribution in [-0.4, -0.2) is 21.1 Å². The molecule has 11 aromatic rings. The van der Waals surface area contributed by atoms with Gasteiger partial charge in [0.2, 0.25) is 0 Å². The number of hydrogen-bond acceptors (Lipinski definition) is 4. The Morgan fingerprint density at radius 2 is 1.28 bits per heavy atom. The molecule has 0 amide bonds. The number of benzene rings is 9. The molecule has 0 saturated heterocycles. The molecule has 6 nitrogen and oxygen atoms in total. The van der Waals surface area contributed by atoms with Gasteiger partial charge >= 0.3 is 426 Å². The topological polar surface area (TPSA) is 38.5 Å². The van der Waals surface area contributed by atoms with Gasteiger partial charge in [-0.3, -0.25) is 0 Å². The molecular formula is C73H64BN5OPt-2. The fourth-order valence-corrected chi connectivity index (χ4v) is 12.3. The van der Waals surface area contributed by atoms with Gasteiger partial charge in [-0.15, -0.1) is 6.07 Å². The number of ether oxygens (including phenoxy) is 1. The maximum absolute atomic E-state index is 10.0. The van der Waals surface area contributed by atoms with E-state index >= 15 is 0 Å². The summed E-state index contributed by atoms with van der Waals surface area (Å²) >= 11 is 2.20. The number of hydrogen-bond donors (Lipinski definition) is 0. The van der Waals surface area contributed by atoms with Crippen molar-refractivity contribution in [2.75, 3.05) is 9.62 Å². The van der Waals surface area contributed by atoms with E-state index in [0.717, 1.165) is 33.5 Å². The zero-order valence-corrected chi connectivity index (χ0v) is 48.3. The fourth-order valence-electron chi connectivity index (χ4n) is 11.2. The van der Waals surface area contributed by atoms with E-state index in [1.165, 1.54) is 0 Å². The summed E-state index contributed by atoms with van der Waals surface area (Å²) in [7, 11) is 0. The van der Waals surface area contributed by atoms with Crippen molar-refractivity contribution in [3.63, 3.8) is 0 Å². The quantitative estimate of drug-likeness (QED) is 0.0956. The van der Waals surface area contributed by atoms with Crippen LogP contribution in [0.25, 0.3) is 66.9 Å². The molecule has 0 atom stereocenters. The summed E-state index contributed by atoms with van der Waals surface area (Å²) in [6.07, 6.45) is -4.31. The first kappa shape index (κ1) is 38.4. The molecule has 0 fully saturated rings. The molecule has 4 heterocycles. The third-order valence-electron chi connectivity index (χ3n) is 14.5. The first-order valence-corrected chi connectivity index (χ1v) is 28.2. The van der Waals surface area contributed by atoms with E-state index in [1.54, 1.807) is 71.0 Å². The van der Waals surface area contributed by atoms with Crippen molar-refractivity contribution < 1.29 is 43.3 Å². The summed E-state index contributed by atoms with van der Waals surface area (Å²) in [6, 6.07) is 48.8. The average molecular weight is 1250 g/mol. The number of para-hydroxylation sites is 4. The van der Waals surface area contributed by atoms with Gasteiger partial charge in [-0.1, -0.05) is 42.5 Å². The second-order valence-electron chi connectivity index (χ2n) is 22.7. The summed E-state index contributed by atoms with van der Waals surface area (Å²) in [5, 5.41) is 0. The number of fused-ring (bicyclic) bond motifs is 9. The molecule has 0 aliphatic carbocycles. The predicted molar refractivity (Wildman–Crippen MR) is 333 cm³/mol. The van der Waals surface area contributed by atoms with Crippen molar-refractivity contribution in [1.82, 2.24) is 14.1 Å². The van der Waals surface area contributed by atoms with Gasteiger partial charge in [-0.25, -0.2) is 0 Å². The Morgan fingerprint density at radius 1 is 0.642 bits per heavy atom. The van der Waals surface area contributed by atoms with Crippen LogP contribution in [-0.2, 0) is 37.5 Å². The van der Waals surface area contributed by atoms with Gasteiger partial charge in [0.15, 0.2) is 0 Å². The maximum atomic E-state index is 10.0. The molecule has 81 heavy (non-hydrogen) atoms. The SMILES string of the molecule is [2H]c1c([2H])c([2H])c(-c2cc(C([2H])([2H])C(C)(C)C)cc(-c3ccc(C(C)(C)C)cc3)c2-n2[c](=[Pt])n(-c3[c-]c(Oc4nc(N5B6c7ccccc7-c7ccccc7N6c6ccc[c-]c65)cc(C([2H])([2H])C(C)C)c4-c4c([2H])c([2H])c([2H])c([2H])c4[2H])ccc3)c3ccccc32)c([2H])c1[2H]. The van der Waals surface area contributed by atoms with Crippen molar-refractivity contribution in [1.29, 1.82) is 0 Å². The molecule has 2 aliphatic heterocycles. The van der Waals surface area contributed by atoms with E-state index in [-0.39, 0.29) is 56.2 Å². The number of pyridine rings is 1. The molecule has 8 heteroatoms. The van der Waals surface area contributed by atoms with Crippen LogP contribution in [0.3, 0.4) is 0 Å². The molecule has 0 N–H and O–H groups in total. The van der Waals surface area contributed by atoms with Gasteiger partial charge in [0.1, 0.15) is 0 Å². The number of anilines is 4. The summed E-state index contributed by atoms with van der Waals surface area (Å²) in [6.45, 7) is 14.5. The molecule has 2 aliphatic rings. The number of imidazole rings is 1. The van der Waals surface area contributed by atoms with Crippen LogP contribution in [0.4, 0.5) is 22.9 Å². The minimum absolute atomic E-state index is 0.0392. The van der Waals surface area contributed by atoms with Crippen LogP contribution in [0.5, 0.6) is 11.6 Å². The van der Waals surface area contributed by atoms with Crippen LogP contribution >= 0.6 is 0 Å². The second-order valence-corrected chi connectivity index (χ2v) is 23.7. The summed E-state index contributed by atoms with van der Waals surface area (Å²) in [5.41, 5.74) is 8.01. The van der Waals surface area contributed by atoms with Crippen molar-refractivity contribution in [3.05, 3.63) is 245 Å².